The normalized spacial score (nSPS) is 10.2. The molecule has 1 amide bonds. The van der Waals surface area contributed by atoms with Gasteiger partial charge >= 0.3 is 0 Å². The second-order valence-corrected chi connectivity index (χ2v) is 7.65. The van der Waals surface area contributed by atoms with Crippen molar-refractivity contribution < 1.29 is 19.0 Å². The summed E-state index contributed by atoms with van der Waals surface area (Å²) >= 11 is 1.07. The summed E-state index contributed by atoms with van der Waals surface area (Å²) in [5, 5.41) is 12.5. The van der Waals surface area contributed by atoms with Gasteiger partial charge in [-0.15, -0.1) is 0 Å². The Balaban J connectivity index is 1.68. The maximum absolute atomic E-state index is 12.4. The van der Waals surface area contributed by atoms with Gasteiger partial charge in [-0.1, -0.05) is 17.8 Å². The van der Waals surface area contributed by atoms with Gasteiger partial charge in [0.2, 0.25) is 5.91 Å². The summed E-state index contributed by atoms with van der Waals surface area (Å²) in [4.78, 5) is 31.7. The summed E-state index contributed by atoms with van der Waals surface area (Å²) in [6.45, 7) is 0.300. The number of carbonyl (C=O) groups excluding carboxylic acids is 1. The molecule has 1 heterocycles. The van der Waals surface area contributed by atoms with Crippen LogP contribution < -0.4 is 25.1 Å². The third-order valence-electron chi connectivity index (χ3n) is 4.65. The standard InChI is InChI=1S/C23H22N4O5S/c1-30-16-7-5-15(6-8-16)21-17(11-24)22(29)27-23(26-21)33-13-20(28)25-12-14-4-9-18(31-2)19(10-14)32-3/h4-10H,12-13H2,1-3H3,(H,25,28)(H,26,27,29). The van der Waals surface area contributed by atoms with Gasteiger partial charge in [-0.2, -0.15) is 5.26 Å². The summed E-state index contributed by atoms with van der Waals surface area (Å²) in [5.74, 6) is 1.61. The number of nitrogens with one attached hydrogen (secondary N) is 2. The van der Waals surface area contributed by atoms with Gasteiger partial charge in [0.15, 0.2) is 16.7 Å². The summed E-state index contributed by atoms with van der Waals surface area (Å²) in [7, 11) is 4.65. The van der Waals surface area contributed by atoms with Gasteiger partial charge in [-0.05, 0) is 42.0 Å². The molecule has 0 spiro atoms. The number of thioether (sulfide) groups is 1. The molecule has 2 aromatic carbocycles. The molecule has 0 saturated heterocycles. The second kappa shape index (κ2) is 11.1. The Labute approximate surface area is 194 Å². The number of aromatic nitrogens is 2. The largest absolute Gasteiger partial charge is 0.497 e. The van der Waals surface area contributed by atoms with E-state index in [0.717, 1.165) is 17.3 Å². The molecule has 33 heavy (non-hydrogen) atoms. The molecule has 1 aromatic heterocycles. The van der Waals surface area contributed by atoms with Gasteiger partial charge in [0, 0.05) is 12.1 Å². The number of rotatable bonds is 9. The van der Waals surface area contributed by atoms with Crippen molar-refractivity contribution in [3.05, 3.63) is 63.9 Å². The fourth-order valence-electron chi connectivity index (χ4n) is 2.96. The number of methoxy groups -OCH3 is 3. The van der Waals surface area contributed by atoms with E-state index in [-0.39, 0.29) is 28.1 Å². The first-order valence-electron chi connectivity index (χ1n) is 9.78. The Morgan fingerprint density at radius 1 is 1.09 bits per heavy atom. The minimum Gasteiger partial charge on any atom is -0.497 e. The Morgan fingerprint density at radius 3 is 2.45 bits per heavy atom. The van der Waals surface area contributed by atoms with Crippen LogP contribution in [0.1, 0.15) is 11.1 Å². The molecular formula is C23H22N4O5S. The summed E-state index contributed by atoms with van der Waals surface area (Å²) < 4.78 is 15.6. The number of benzene rings is 2. The molecule has 2 N–H and O–H groups in total. The zero-order valence-electron chi connectivity index (χ0n) is 18.3. The predicted octanol–water partition coefficient (Wildman–Crippen LogP) is 2.74. The molecule has 9 nitrogen and oxygen atoms in total. The van der Waals surface area contributed by atoms with Gasteiger partial charge in [-0.3, -0.25) is 9.59 Å². The van der Waals surface area contributed by atoms with E-state index in [1.165, 1.54) is 0 Å². The molecule has 0 aliphatic heterocycles. The van der Waals surface area contributed by atoms with Crippen molar-refractivity contribution in [2.75, 3.05) is 27.1 Å². The Morgan fingerprint density at radius 2 is 1.82 bits per heavy atom. The molecule has 0 fully saturated rings. The lowest BCUT2D eigenvalue weighted by Gasteiger charge is -2.10. The smallest absolute Gasteiger partial charge is 0.270 e. The van der Waals surface area contributed by atoms with E-state index in [1.54, 1.807) is 57.7 Å². The lowest BCUT2D eigenvalue weighted by molar-refractivity contribution is -0.118. The fourth-order valence-corrected chi connectivity index (χ4v) is 3.65. The van der Waals surface area contributed by atoms with Crippen LogP contribution in [0.5, 0.6) is 17.2 Å². The first kappa shape index (κ1) is 23.7. The Kier molecular flexibility index (Phi) is 7.94. The number of nitriles is 1. The van der Waals surface area contributed by atoms with E-state index >= 15 is 0 Å². The van der Waals surface area contributed by atoms with E-state index in [9.17, 15) is 14.9 Å². The molecule has 0 radical (unpaired) electrons. The number of H-pyrrole nitrogens is 1. The molecule has 0 bridgehead atoms. The molecule has 0 atom stereocenters. The minimum atomic E-state index is -0.563. The molecule has 0 saturated carbocycles. The monoisotopic (exact) mass is 466 g/mol. The van der Waals surface area contributed by atoms with Gasteiger partial charge < -0.3 is 24.5 Å². The van der Waals surface area contributed by atoms with E-state index in [1.807, 2.05) is 12.1 Å². The molecule has 0 unspecified atom stereocenters. The third-order valence-corrected chi connectivity index (χ3v) is 5.52. The van der Waals surface area contributed by atoms with Gasteiger partial charge in [0.25, 0.3) is 5.56 Å². The van der Waals surface area contributed by atoms with Crippen molar-refractivity contribution >= 4 is 17.7 Å². The van der Waals surface area contributed by atoms with Crippen LogP contribution in [0.2, 0.25) is 0 Å². The van der Waals surface area contributed by atoms with Crippen LogP contribution in [0.4, 0.5) is 0 Å². The number of ether oxygens (including phenoxy) is 3. The average molecular weight is 467 g/mol. The number of amides is 1. The van der Waals surface area contributed by atoms with Crippen LogP contribution in [0.3, 0.4) is 0 Å². The fraction of sp³-hybridized carbons (Fsp3) is 0.217. The van der Waals surface area contributed by atoms with Crippen LogP contribution in [0.15, 0.2) is 52.4 Å². The van der Waals surface area contributed by atoms with E-state index in [0.29, 0.717) is 29.4 Å². The molecule has 170 valence electrons. The molecule has 3 rings (SSSR count). The molecule has 3 aromatic rings. The molecule has 0 aliphatic rings. The van der Waals surface area contributed by atoms with E-state index < -0.39 is 5.56 Å². The number of hydrogen-bond acceptors (Lipinski definition) is 8. The highest BCUT2D eigenvalue weighted by atomic mass is 32.2. The number of aromatic amines is 1. The van der Waals surface area contributed by atoms with E-state index in [2.05, 4.69) is 15.3 Å². The van der Waals surface area contributed by atoms with E-state index in [4.69, 9.17) is 14.2 Å². The van der Waals surface area contributed by atoms with Crippen LogP contribution in [0.25, 0.3) is 11.3 Å². The summed E-state index contributed by atoms with van der Waals surface area (Å²) in [6, 6.07) is 14.1. The molecular weight excluding hydrogens is 444 g/mol. The minimum absolute atomic E-state index is 0.0319. The van der Waals surface area contributed by atoms with Crippen molar-refractivity contribution in [1.29, 1.82) is 5.26 Å². The van der Waals surface area contributed by atoms with Gasteiger partial charge in [-0.25, -0.2) is 4.98 Å². The Bertz CT molecular complexity index is 1240. The molecule has 10 heteroatoms. The van der Waals surface area contributed by atoms with Crippen LogP contribution in [-0.4, -0.2) is 43.0 Å². The predicted molar refractivity (Wildman–Crippen MR) is 124 cm³/mol. The first-order chi connectivity index (χ1) is 16.0. The highest BCUT2D eigenvalue weighted by Gasteiger charge is 2.15. The van der Waals surface area contributed by atoms with Crippen LogP contribution in [0, 0.1) is 11.3 Å². The number of nitrogens with zero attached hydrogens (tertiary/aromatic N) is 2. The van der Waals surface area contributed by atoms with Gasteiger partial charge in [0.05, 0.1) is 32.8 Å². The second-order valence-electron chi connectivity index (χ2n) is 6.69. The van der Waals surface area contributed by atoms with Crippen molar-refractivity contribution in [2.45, 2.75) is 11.7 Å². The highest BCUT2D eigenvalue weighted by molar-refractivity contribution is 7.99. The van der Waals surface area contributed by atoms with Crippen LogP contribution >= 0.6 is 11.8 Å². The summed E-state index contributed by atoms with van der Waals surface area (Å²) in [5.41, 5.74) is 1.03. The zero-order chi connectivity index (χ0) is 23.8. The topological polar surface area (TPSA) is 126 Å². The first-order valence-corrected chi connectivity index (χ1v) is 10.8. The lowest BCUT2D eigenvalue weighted by atomic mass is 10.1. The maximum Gasteiger partial charge on any atom is 0.270 e. The zero-order valence-corrected chi connectivity index (χ0v) is 19.1. The quantitative estimate of drug-likeness (QED) is 0.364. The van der Waals surface area contributed by atoms with Crippen molar-refractivity contribution in [2.24, 2.45) is 0 Å². The maximum atomic E-state index is 12.4. The Hall–Kier alpha value is -3.97. The highest BCUT2D eigenvalue weighted by Crippen LogP contribution is 2.27. The van der Waals surface area contributed by atoms with Crippen LogP contribution in [-0.2, 0) is 11.3 Å². The summed E-state index contributed by atoms with van der Waals surface area (Å²) in [6.07, 6.45) is 0. The SMILES string of the molecule is COc1ccc(-c2nc(SCC(=O)NCc3ccc(OC)c(OC)c3)[nH]c(=O)c2C#N)cc1. The van der Waals surface area contributed by atoms with Gasteiger partial charge in [0.1, 0.15) is 17.4 Å². The average Bonchev–Trinajstić information content (AvgIpc) is 2.85. The van der Waals surface area contributed by atoms with Crippen molar-refractivity contribution in [1.82, 2.24) is 15.3 Å². The van der Waals surface area contributed by atoms with Crippen molar-refractivity contribution in [3.63, 3.8) is 0 Å². The molecule has 0 aliphatic carbocycles. The number of carbonyl (C=O) groups is 1. The number of hydrogen-bond donors (Lipinski definition) is 2. The lowest BCUT2D eigenvalue weighted by Crippen LogP contribution is -2.25. The van der Waals surface area contributed by atoms with Crippen molar-refractivity contribution in [3.8, 4) is 34.6 Å². The third kappa shape index (κ3) is 5.84.